The van der Waals surface area contributed by atoms with Crippen LogP contribution in [0.15, 0.2) is 50.5 Å². The van der Waals surface area contributed by atoms with Crippen molar-refractivity contribution in [2.24, 2.45) is 0 Å². The van der Waals surface area contributed by atoms with Gasteiger partial charge in [0.25, 0.3) is 0 Å². The Morgan fingerprint density at radius 2 is 1.96 bits per heavy atom. The van der Waals surface area contributed by atoms with Gasteiger partial charge in [-0.3, -0.25) is 0 Å². The lowest BCUT2D eigenvalue weighted by Gasteiger charge is -2.37. The van der Waals surface area contributed by atoms with Gasteiger partial charge in [0, 0.05) is 6.07 Å². The van der Waals surface area contributed by atoms with Crippen LogP contribution >= 0.6 is 11.6 Å². The Morgan fingerprint density at radius 3 is 2.61 bits per heavy atom. The Kier molecular flexibility index (Phi) is 4.18. The third-order valence-electron chi connectivity index (χ3n) is 3.44. The van der Waals surface area contributed by atoms with E-state index in [1.165, 1.54) is 22.5 Å². The lowest BCUT2D eigenvalue weighted by Crippen LogP contribution is -2.56. The zero-order chi connectivity index (χ0) is 16.6. The van der Waals surface area contributed by atoms with Crippen LogP contribution < -0.4 is 10.4 Å². The zero-order valence-corrected chi connectivity index (χ0v) is 13.8. The molecule has 0 saturated carbocycles. The summed E-state index contributed by atoms with van der Waals surface area (Å²) in [6.45, 7) is 2.04. The highest BCUT2D eigenvalue weighted by molar-refractivity contribution is 7.89. The monoisotopic (exact) mass is 355 g/mol. The predicted octanol–water partition coefficient (Wildman–Crippen LogP) is 2.05. The molecule has 23 heavy (non-hydrogen) atoms. The Hall–Kier alpha value is -1.83. The van der Waals surface area contributed by atoms with E-state index in [1.54, 1.807) is 25.1 Å². The topological polar surface area (TPSA) is 76.8 Å². The molecule has 0 radical (unpaired) electrons. The molecular formula is C15H14ClNO5S. The van der Waals surface area contributed by atoms with Crippen LogP contribution in [0.25, 0.3) is 0 Å². The van der Waals surface area contributed by atoms with Crippen LogP contribution in [0, 0.1) is 6.92 Å². The Balaban J connectivity index is 1.69. The maximum Gasteiger partial charge on any atom is 0.339 e. The van der Waals surface area contributed by atoms with Gasteiger partial charge >= 0.3 is 5.63 Å². The van der Waals surface area contributed by atoms with Crippen molar-refractivity contribution in [2.45, 2.75) is 17.9 Å². The number of sulfonamides is 1. The summed E-state index contributed by atoms with van der Waals surface area (Å²) in [5.41, 5.74) is -0.500. The van der Waals surface area contributed by atoms with Crippen molar-refractivity contribution in [1.29, 1.82) is 0 Å². The van der Waals surface area contributed by atoms with E-state index in [0.29, 0.717) is 11.5 Å². The van der Waals surface area contributed by atoms with E-state index in [2.05, 4.69) is 0 Å². The molecule has 0 amide bonds. The standard InChI is InChI=1S/C15H14ClNO5S/c1-10-6-11(7-15(18)21-10)22-12-8-17(9-12)23(19,20)14-5-3-2-4-13(14)16/h2-7,12H,8-9H2,1H3. The normalized spacial score (nSPS) is 16.1. The van der Waals surface area contributed by atoms with Gasteiger partial charge in [-0.25, -0.2) is 13.2 Å². The highest BCUT2D eigenvalue weighted by atomic mass is 35.5. The molecule has 3 rings (SSSR count). The van der Waals surface area contributed by atoms with Crippen molar-refractivity contribution in [2.75, 3.05) is 13.1 Å². The van der Waals surface area contributed by atoms with Crippen LogP contribution in [-0.2, 0) is 10.0 Å². The van der Waals surface area contributed by atoms with Gasteiger partial charge in [0.05, 0.1) is 24.2 Å². The molecule has 1 aliphatic heterocycles. The fourth-order valence-electron chi connectivity index (χ4n) is 2.30. The van der Waals surface area contributed by atoms with Crippen molar-refractivity contribution in [3.63, 3.8) is 0 Å². The molecule has 8 heteroatoms. The van der Waals surface area contributed by atoms with Crippen LogP contribution in [0.2, 0.25) is 5.02 Å². The first kappa shape index (κ1) is 16.0. The number of benzene rings is 1. The Labute approximate surface area is 138 Å². The summed E-state index contributed by atoms with van der Waals surface area (Å²) >= 11 is 5.95. The lowest BCUT2D eigenvalue weighted by molar-refractivity contribution is 0.0754. The van der Waals surface area contributed by atoms with Crippen molar-refractivity contribution in [3.8, 4) is 5.75 Å². The number of nitrogens with zero attached hydrogens (tertiary/aromatic N) is 1. The first-order chi connectivity index (χ1) is 10.9. The van der Waals surface area contributed by atoms with E-state index >= 15 is 0 Å². The molecular weight excluding hydrogens is 342 g/mol. The first-order valence-electron chi connectivity index (χ1n) is 6.89. The average Bonchev–Trinajstić information content (AvgIpc) is 2.41. The van der Waals surface area contributed by atoms with Gasteiger partial charge in [-0.05, 0) is 19.1 Å². The second kappa shape index (κ2) is 5.99. The molecule has 0 N–H and O–H groups in total. The van der Waals surface area contributed by atoms with Crippen LogP contribution in [0.3, 0.4) is 0 Å². The van der Waals surface area contributed by atoms with E-state index in [1.807, 2.05) is 0 Å². The second-order valence-electron chi connectivity index (χ2n) is 5.22. The maximum atomic E-state index is 12.5. The summed E-state index contributed by atoms with van der Waals surface area (Å²) in [7, 11) is -3.63. The number of rotatable bonds is 4. The SMILES string of the molecule is Cc1cc(OC2CN(S(=O)(=O)c3ccccc3Cl)C2)cc(=O)o1. The summed E-state index contributed by atoms with van der Waals surface area (Å²) in [6.07, 6.45) is -0.312. The summed E-state index contributed by atoms with van der Waals surface area (Å²) in [5, 5.41) is 0.188. The van der Waals surface area contributed by atoms with Crippen molar-refractivity contribution in [1.82, 2.24) is 4.31 Å². The van der Waals surface area contributed by atoms with Crippen molar-refractivity contribution in [3.05, 3.63) is 57.6 Å². The predicted molar refractivity (Wildman–Crippen MR) is 84.3 cm³/mol. The first-order valence-corrected chi connectivity index (χ1v) is 8.71. The molecule has 1 aliphatic rings. The van der Waals surface area contributed by atoms with Gasteiger partial charge < -0.3 is 9.15 Å². The third kappa shape index (κ3) is 3.26. The summed E-state index contributed by atoms with van der Waals surface area (Å²) in [4.78, 5) is 11.4. The number of ether oxygens (including phenoxy) is 1. The summed E-state index contributed by atoms with van der Waals surface area (Å²) in [5.74, 6) is 0.811. The van der Waals surface area contributed by atoms with Crippen LogP contribution in [0.5, 0.6) is 5.75 Å². The van der Waals surface area contributed by atoms with E-state index in [-0.39, 0.29) is 29.1 Å². The largest absolute Gasteiger partial charge is 0.487 e. The molecule has 2 heterocycles. The van der Waals surface area contributed by atoms with Crippen LogP contribution in [0.4, 0.5) is 0 Å². The third-order valence-corrected chi connectivity index (χ3v) is 5.77. The Morgan fingerprint density at radius 1 is 1.26 bits per heavy atom. The van der Waals surface area contributed by atoms with Gasteiger partial charge in [0.15, 0.2) is 0 Å². The highest BCUT2D eigenvalue weighted by Gasteiger charge is 2.39. The molecule has 0 bridgehead atoms. The van der Waals surface area contributed by atoms with E-state index in [9.17, 15) is 13.2 Å². The quantitative estimate of drug-likeness (QED) is 0.839. The summed E-state index contributed by atoms with van der Waals surface area (Å²) in [6, 6.07) is 9.13. The molecule has 0 unspecified atom stereocenters. The smallest absolute Gasteiger partial charge is 0.339 e. The van der Waals surface area contributed by atoms with E-state index in [0.717, 1.165) is 0 Å². The highest BCUT2D eigenvalue weighted by Crippen LogP contribution is 2.28. The van der Waals surface area contributed by atoms with Gasteiger partial charge in [0.1, 0.15) is 22.5 Å². The van der Waals surface area contributed by atoms with Gasteiger partial charge in [-0.2, -0.15) is 4.31 Å². The number of hydrogen-bond donors (Lipinski definition) is 0. The minimum absolute atomic E-state index is 0.0799. The zero-order valence-electron chi connectivity index (χ0n) is 12.2. The van der Waals surface area contributed by atoms with E-state index < -0.39 is 15.6 Å². The lowest BCUT2D eigenvalue weighted by atomic mass is 10.2. The van der Waals surface area contributed by atoms with Gasteiger partial charge in [-0.1, -0.05) is 23.7 Å². The molecule has 1 aromatic carbocycles. The Bertz CT molecular complexity index is 887. The molecule has 1 fully saturated rings. The van der Waals surface area contributed by atoms with Gasteiger partial charge in [0.2, 0.25) is 10.0 Å². The second-order valence-corrected chi connectivity index (χ2v) is 7.53. The maximum absolute atomic E-state index is 12.5. The molecule has 6 nitrogen and oxygen atoms in total. The van der Waals surface area contributed by atoms with Crippen molar-refractivity contribution < 1.29 is 17.6 Å². The molecule has 122 valence electrons. The summed E-state index contributed by atoms with van der Waals surface area (Å²) < 4.78 is 36.7. The molecule has 0 spiro atoms. The molecule has 0 aliphatic carbocycles. The van der Waals surface area contributed by atoms with Gasteiger partial charge in [-0.15, -0.1) is 0 Å². The number of hydrogen-bond acceptors (Lipinski definition) is 5. The average molecular weight is 356 g/mol. The minimum atomic E-state index is -3.63. The molecule has 1 aromatic heterocycles. The van der Waals surface area contributed by atoms with E-state index in [4.69, 9.17) is 20.8 Å². The fourth-order valence-corrected chi connectivity index (χ4v) is 4.30. The van der Waals surface area contributed by atoms with Crippen LogP contribution in [0.1, 0.15) is 5.76 Å². The van der Waals surface area contributed by atoms with Crippen LogP contribution in [-0.4, -0.2) is 31.9 Å². The molecule has 2 aromatic rings. The number of halogens is 1. The number of aryl methyl sites for hydroxylation is 1. The molecule has 0 atom stereocenters. The molecule has 1 saturated heterocycles. The minimum Gasteiger partial charge on any atom is -0.487 e. The fraction of sp³-hybridized carbons (Fsp3) is 0.267. The van der Waals surface area contributed by atoms with Crippen molar-refractivity contribution >= 4 is 21.6 Å².